The van der Waals surface area contributed by atoms with Crippen molar-refractivity contribution >= 4 is 28.6 Å². The predicted octanol–water partition coefficient (Wildman–Crippen LogP) is 6.09. The minimum atomic E-state index is -0.196. The van der Waals surface area contributed by atoms with Crippen LogP contribution in [0.5, 0.6) is 5.75 Å². The highest BCUT2D eigenvalue weighted by atomic mass is 35.5. The second-order valence-electron chi connectivity index (χ2n) is 7.38. The van der Waals surface area contributed by atoms with E-state index in [1.54, 1.807) is 18.2 Å². The molecule has 0 aliphatic carbocycles. The van der Waals surface area contributed by atoms with Gasteiger partial charge in [0.05, 0.1) is 11.6 Å². The van der Waals surface area contributed by atoms with E-state index in [9.17, 15) is 4.79 Å². The van der Waals surface area contributed by atoms with Crippen LogP contribution in [0.4, 0.5) is 0 Å². The smallest absolute Gasteiger partial charge is 0.251 e. The van der Waals surface area contributed by atoms with E-state index in [0.717, 1.165) is 22.2 Å². The van der Waals surface area contributed by atoms with Gasteiger partial charge in [-0.1, -0.05) is 23.7 Å². The number of rotatable bonds is 6. The lowest BCUT2D eigenvalue weighted by Crippen LogP contribution is -2.22. The number of aryl methyl sites for hydroxylation is 2. The van der Waals surface area contributed by atoms with Crippen molar-refractivity contribution in [2.75, 3.05) is 6.61 Å². The molecule has 1 heterocycles. The van der Waals surface area contributed by atoms with Crippen LogP contribution in [-0.4, -0.2) is 17.5 Å². The van der Waals surface area contributed by atoms with Crippen molar-refractivity contribution in [2.24, 2.45) is 0 Å². The van der Waals surface area contributed by atoms with E-state index in [1.165, 1.54) is 11.1 Å². The highest BCUT2D eigenvalue weighted by Gasteiger charge is 2.11. The number of ether oxygens (including phenoxy) is 1. The first-order valence-electron chi connectivity index (χ1n) is 10.1. The van der Waals surface area contributed by atoms with Gasteiger partial charge in [0.2, 0.25) is 5.89 Å². The van der Waals surface area contributed by atoms with Gasteiger partial charge >= 0.3 is 0 Å². The topological polar surface area (TPSA) is 64.4 Å². The second kappa shape index (κ2) is 8.82. The van der Waals surface area contributed by atoms with Gasteiger partial charge in [0.15, 0.2) is 5.58 Å². The number of aromatic nitrogens is 1. The Kier molecular flexibility index (Phi) is 5.96. The van der Waals surface area contributed by atoms with E-state index in [2.05, 4.69) is 24.1 Å². The zero-order valence-corrected chi connectivity index (χ0v) is 18.4. The largest absolute Gasteiger partial charge is 0.492 e. The van der Waals surface area contributed by atoms with Gasteiger partial charge in [0.25, 0.3) is 5.91 Å². The fourth-order valence-corrected chi connectivity index (χ4v) is 3.50. The van der Waals surface area contributed by atoms with Crippen molar-refractivity contribution < 1.29 is 13.9 Å². The molecule has 0 saturated heterocycles. The third-order valence-electron chi connectivity index (χ3n) is 5.15. The molecule has 4 rings (SSSR count). The molecule has 0 atom stereocenters. The number of oxazole rings is 1. The summed E-state index contributed by atoms with van der Waals surface area (Å²) in [6, 6.07) is 16.9. The molecule has 0 aliphatic heterocycles. The number of nitrogens with zero attached hydrogens (tertiary/aromatic N) is 1. The third kappa shape index (κ3) is 4.57. The normalized spacial score (nSPS) is 11.0. The molecule has 0 radical (unpaired) electrons. The van der Waals surface area contributed by atoms with Crippen molar-refractivity contribution in [3.8, 4) is 17.2 Å². The van der Waals surface area contributed by atoms with E-state index < -0.39 is 0 Å². The van der Waals surface area contributed by atoms with Gasteiger partial charge in [-0.25, -0.2) is 4.98 Å². The number of fused-ring (bicyclic) bond motifs is 1. The summed E-state index contributed by atoms with van der Waals surface area (Å²) in [7, 11) is 0. The molecule has 3 aromatic carbocycles. The lowest BCUT2D eigenvalue weighted by Gasteiger charge is -2.09. The van der Waals surface area contributed by atoms with Crippen LogP contribution in [0.1, 0.15) is 34.0 Å². The summed E-state index contributed by atoms with van der Waals surface area (Å²) >= 11 is 6.17. The fourth-order valence-electron chi connectivity index (χ4n) is 3.27. The lowest BCUT2D eigenvalue weighted by molar-refractivity contribution is 0.0951. The van der Waals surface area contributed by atoms with E-state index >= 15 is 0 Å². The summed E-state index contributed by atoms with van der Waals surface area (Å²) in [6.07, 6.45) is 0. The number of hydrogen-bond acceptors (Lipinski definition) is 4. The number of carbonyl (C=O) groups is 1. The molecule has 31 heavy (non-hydrogen) atoms. The first-order chi connectivity index (χ1) is 14.9. The SMILES string of the molecule is CCOc1ccc(C(=O)NCc2ccc(-c3nc4cc(C)c(C)cc4o3)cc2)cc1Cl. The zero-order chi connectivity index (χ0) is 22.0. The van der Waals surface area contributed by atoms with Crippen molar-refractivity contribution in [2.45, 2.75) is 27.3 Å². The summed E-state index contributed by atoms with van der Waals surface area (Å²) in [5.74, 6) is 0.958. The molecular formula is C25H23ClN2O3. The standard InChI is InChI=1S/C25H23ClN2O3/c1-4-30-22-10-9-19(13-20(22)26)24(29)27-14-17-5-7-18(8-6-17)25-28-21-11-15(2)16(3)12-23(21)31-25/h5-13H,4,14H2,1-3H3,(H,27,29). The van der Waals surface area contributed by atoms with Crippen LogP contribution in [-0.2, 0) is 6.54 Å². The van der Waals surface area contributed by atoms with Crippen molar-refractivity contribution in [3.05, 3.63) is 81.9 Å². The third-order valence-corrected chi connectivity index (χ3v) is 5.45. The molecule has 0 fully saturated rings. The van der Waals surface area contributed by atoms with Gasteiger partial charge in [0, 0.05) is 17.7 Å². The summed E-state index contributed by atoms with van der Waals surface area (Å²) in [4.78, 5) is 17.0. The maximum absolute atomic E-state index is 12.4. The predicted molar refractivity (Wildman–Crippen MR) is 123 cm³/mol. The number of hydrogen-bond donors (Lipinski definition) is 1. The van der Waals surface area contributed by atoms with Crippen LogP contribution in [0.2, 0.25) is 5.02 Å². The Morgan fingerprint density at radius 1 is 1.06 bits per heavy atom. The monoisotopic (exact) mass is 434 g/mol. The Morgan fingerprint density at radius 3 is 2.52 bits per heavy atom. The molecule has 1 aromatic heterocycles. The number of amides is 1. The minimum Gasteiger partial charge on any atom is -0.492 e. The molecular weight excluding hydrogens is 412 g/mol. The fraction of sp³-hybridized carbons (Fsp3) is 0.200. The first kappa shape index (κ1) is 20.9. The number of halogens is 1. The summed E-state index contributed by atoms with van der Waals surface area (Å²) in [5.41, 5.74) is 6.34. The summed E-state index contributed by atoms with van der Waals surface area (Å²) in [5, 5.41) is 3.33. The second-order valence-corrected chi connectivity index (χ2v) is 7.79. The molecule has 0 aliphatic rings. The van der Waals surface area contributed by atoms with Crippen LogP contribution in [0, 0.1) is 13.8 Å². The van der Waals surface area contributed by atoms with Crippen LogP contribution in [0.15, 0.2) is 59.0 Å². The van der Waals surface area contributed by atoms with Crippen LogP contribution < -0.4 is 10.1 Å². The van der Waals surface area contributed by atoms with E-state index in [1.807, 2.05) is 43.3 Å². The molecule has 0 spiro atoms. The number of nitrogens with one attached hydrogen (secondary N) is 1. The molecule has 1 N–H and O–H groups in total. The van der Waals surface area contributed by atoms with E-state index in [0.29, 0.717) is 35.4 Å². The minimum absolute atomic E-state index is 0.196. The molecule has 0 saturated carbocycles. The van der Waals surface area contributed by atoms with Crippen molar-refractivity contribution in [1.82, 2.24) is 10.3 Å². The Morgan fingerprint density at radius 2 is 1.81 bits per heavy atom. The highest BCUT2D eigenvalue weighted by molar-refractivity contribution is 6.32. The average molecular weight is 435 g/mol. The molecule has 4 aromatic rings. The van der Waals surface area contributed by atoms with Gasteiger partial charge in [-0.15, -0.1) is 0 Å². The van der Waals surface area contributed by atoms with Gasteiger partial charge in [0.1, 0.15) is 11.3 Å². The quantitative estimate of drug-likeness (QED) is 0.398. The van der Waals surface area contributed by atoms with Crippen LogP contribution in [0.25, 0.3) is 22.6 Å². The molecule has 0 bridgehead atoms. The average Bonchev–Trinajstić information content (AvgIpc) is 3.17. The molecule has 0 unspecified atom stereocenters. The lowest BCUT2D eigenvalue weighted by atomic mass is 10.1. The maximum Gasteiger partial charge on any atom is 0.251 e. The molecule has 5 nitrogen and oxygen atoms in total. The molecule has 6 heteroatoms. The molecule has 1 amide bonds. The summed E-state index contributed by atoms with van der Waals surface area (Å²) in [6.45, 7) is 6.92. The van der Waals surface area contributed by atoms with Crippen molar-refractivity contribution in [3.63, 3.8) is 0 Å². The van der Waals surface area contributed by atoms with E-state index in [-0.39, 0.29) is 5.91 Å². The van der Waals surface area contributed by atoms with Gasteiger partial charge in [-0.05, 0) is 79.9 Å². The molecule has 158 valence electrons. The maximum atomic E-state index is 12.4. The first-order valence-corrected chi connectivity index (χ1v) is 10.5. The Balaban J connectivity index is 1.43. The van der Waals surface area contributed by atoms with Gasteiger partial charge in [-0.2, -0.15) is 0 Å². The number of benzene rings is 3. The Labute approximate surface area is 186 Å². The van der Waals surface area contributed by atoms with E-state index in [4.69, 9.17) is 20.8 Å². The zero-order valence-electron chi connectivity index (χ0n) is 17.7. The van der Waals surface area contributed by atoms with Crippen LogP contribution >= 0.6 is 11.6 Å². The number of carbonyl (C=O) groups excluding carboxylic acids is 1. The van der Waals surface area contributed by atoms with Gasteiger partial charge < -0.3 is 14.5 Å². The Bertz CT molecular complexity index is 1210. The summed E-state index contributed by atoms with van der Waals surface area (Å²) < 4.78 is 11.3. The van der Waals surface area contributed by atoms with Gasteiger partial charge in [-0.3, -0.25) is 4.79 Å². The van der Waals surface area contributed by atoms with Crippen molar-refractivity contribution in [1.29, 1.82) is 0 Å². The van der Waals surface area contributed by atoms with Crippen LogP contribution in [0.3, 0.4) is 0 Å². The highest BCUT2D eigenvalue weighted by Crippen LogP contribution is 2.27. The Hall–Kier alpha value is -3.31.